The molecule has 16 heavy (non-hydrogen) atoms. The second-order valence-corrected chi connectivity index (χ2v) is 7.54. The third-order valence-corrected chi connectivity index (χ3v) is 6.01. The standard InChI is InChI=1S/C14H22O2/c1-9-10-4-12(2)6-13(9,3)8-14(5-10,7-12)11(15)16/h9-10H,4-8H2,1-3H3,(H,15,16)/t9-,10-,12+,13+,14-/m0/s1. The van der Waals surface area contributed by atoms with Gasteiger partial charge in [0.15, 0.2) is 0 Å². The van der Waals surface area contributed by atoms with Crippen LogP contribution < -0.4 is 0 Å². The van der Waals surface area contributed by atoms with Gasteiger partial charge in [0.05, 0.1) is 5.41 Å². The van der Waals surface area contributed by atoms with Gasteiger partial charge in [0, 0.05) is 0 Å². The molecule has 0 unspecified atom stereocenters. The van der Waals surface area contributed by atoms with E-state index in [-0.39, 0.29) is 10.8 Å². The molecule has 4 fully saturated rings. The van der Waals surface area contributed by atoms with E-state index in [1.165, 1.54) is 12.8 Å². The molecule has 5 atom stereocenters. The molecule has 0 aromatic carbocycles. The van der Waals surface area contributed by atoms with Crippen LogP contribution in [0.5, 0.6) is 0 Å². The van der Waals surface area contributed by atoms with Gasteiger partial charge in [-0.1, -0.05) is 20.8 Å². The summed E-state index contributed by atoms with van der Waals surface area (Å²) in [7, 11) is 0. The van der Waals surface area contributed by atoms with Crippen LogP contribution in [-0.2, 0) is 4.79 Å². The summed E-state index contributed by atoms with van der Waals surface area (Å²) in [4.78, 5) is 11.6. The van der Waals surface area contributed by atoms with E-state index in [1.54, 1.807) is 0 Å². The molecule has 4 aliphatic rings. The van der Waals surface area contributed by atoms with Gasteiger partial charge in [-0.2, -0.15) is 0 Å². The smallest absolute Gasteiger partial charge is 0.309 e. The number of hydrogen-bond acceptors (Lipinski definition) is 1. The SMILES string of the molecule is C[C@H]1[C@H]2C[C@@]3(C)C[C@@](C(=O)O)(C2)C[C@@]1(C)C3. The molecule has 2 heteroatoms. The Balaban J connectivity index is 2.08. The van der Waals surface area contributed by atoms with Crippen molar-refractivity contribution < 1.29 is 9.90 Å². The Hall–Kier alpha value is -0.530. The van der Waals surface area contributed by atoms with Crippen LogP contribution in [0.2, 0.25) is 0 Å². The summed E-state index contributed by atoms with van der Waals surface area (Å²) in [6.07, 6.45) is 5.29. The van der Waals surface area contributed by atoms with Gasteiger partial charge in [0.2, 0.25) is 0 Å². The number of carboxylic acid groups (broad SMARTS) is 1. The monoisotopic (exact) mass is 222 g/mol. The lowest BCUT2D eigenvalue weighted by atomic mass is 9.37. The van der Waals surface area contributed by atoms with E-state index in [9.17, 15) is 9.90 Å². The minimum Gasteiger partial charge on any atom is -0.481 e. The van der Waals surface area contributed by atoms with Crippen LogP contribution in [-0.4, -0.2) is 11.1 Å². The fraction of sp³-hybridized carbons (Fsp3) is 0.929. The van der Waals surface area contributed by atoms with Crippen LogP contribution in [0, 0.1) is 28.1 Å². The van der Waals surface area contributed by atoms with Crippen molar-refractivity contribution in [3.05, 3.63) is 0 Å². The van der Waals surface area contributed by atoms with Gasteiger partial charge in [-0.3, -0.25) is 4.79 Å². The molecule has 0 spiro atoms. The quantitative estimate of drug-likeness (QED) is 0.739. The molecule has 0 amide bonds. The van der Waals surface area contributed by atoms with Gasteiger partial charge < -0.3 is 5.11 Å². The number of rotatable bonds is 1. The van der Waals surface area contributed by atoms with Crippen molar-refractivity contribution in [2.45, 2.75) is 52.9 Å². The highest BCUT2D eigenvalue weighted by Gasteiger charge is 2.65. The van der Waals surface area contributed by atoms with E-state index in [2.05, 4.69) is 20.8 Å². The summed E-state index contributed by atoms with van der Waals surface area (Å²) in [5.74, 6) is 0.844. The van der Waals surface area contributed by atoms with E-state index >= 15 is 0 Å². The fourth-order valence-electron chi connectivity index (χ4n) is 5.73. The predicted octanol–water partition coefficient (Wildman–Crippen LogP) is 3.31. The van der Waals surface area contributed by atoms with Crippen LogP contribution >= 0.6 is 0 Å². The predicted molar refractivity (Wildman–Crippen MR) is 62.0 cm³/mol. The zero-order chi connectivity index (χ0) is 11.8. The number of carbonyl (C=O) groups is 1. The second-order valence-electron chi connectivity index (χ2n) is 7.54. The molecule has 2 nitrogen and oxygen atoms in total. The number of aliphatic carboxylic acids is 1. The topological polar surface area (TPSA) is 37.3 Å². The zero-order valence-electron chi connectivity index (χ0n) is 10.5. The Kier molecular flexibility index (Phi) is 1.76. The normalized spacial score (nSPS) is 58.9. The molecule has 0 heterocycles. The van der Waals surface area contributed by atoms with Gasteiger partial charge in [-0.15, -0.1) is 0 Å². The maximum atomic E-state index is 11.6. The van der Waals surface area contributed by atoms with E-state index in [0.29, 0.717) is 17.3 Å². The van der Waals surface area contributed by atoms with Crippen LogP contribution in [0.3, 0.4) is 0 Å². The highest BCUT2D eigenvalue weighted by molar-refractivity contribution is 5.75. The number of hydrogen-bond donors (Lipinski definition) is 1. The minimum atomic E-state index is -0.527. The van der Waals surface area contributed by atoms with Crippen molar-refractivity contribution in [3.63, 3.8) is 0 Å². The molecular weight excluding hydrogens is 200 g/mol. The maximum Gasteiger partial charge on any atom is 0.309 e. The molecule has 90 valence electrons. The average Bonchev–Trinajstić information content (AvgIpc) is 2.10. The lowest BCUT2D eigenvalue weighted by molar-refractivity contribution is -0.200. The van der Waals surface area contributed by atoms with Crippen molar-refractivity contribution in [1.29, 1.82) is 0 Å². The minimum absolute atomic E-state index is 0.284. The highest BCUT2D eigenvalue weighted by Crippen LogP contribution is 2.71. The fourth-order valence-corrected chi connectivity index (χ4v) is 5.73. The van der Waals surface area contributed by atoms with E-state index in [4.69, 9.17) is 0 Å². The first-order chi connectivity index (χ1) is 7.29. The Bertz CT molecular complexity index is 364. The summed E-state index contributed by atoms with van der Waals surface area (Å²) in [6.45, 7) is 7.00. The third-order valence-electron chi connectivity index (χ3n) is 6.01. The molecule has 1 N–H and O–H groups in total. The van der Waals surface area contributed by atoms with Crippen molar-refractivity contribution in [2.24, 2.45) is 28.1 Å². The Labute approximate surface area is 97.4 Å². The molecule has 0 radical (unpaired) electrons. The first-order valence-electron chi connectivity index (χ1n) is 6.52. The van der Waals surface area contributed by atoms with Crippen LogP contribution in [0.15, 0.2) is 0 Å². The summed E-state index contributed by atoms with van der Waals surface area (Å²) < 4.78 is 0. The molecule has 0 aromatic rings. The molecule has 4 aliphatic carbocycles. The summed E-state index contributed by atoms with van der Waals surface area (Å²) in [6, 6.07) is 0. The Morgan fingerprint density at radius 2 is 1.88 bits per heavy atom. The van der Waals surface area contributed by atoms with Crippen molar-refractivity contribution in [2.75, 3.05) is 0 Å². The largest absolute Gasteiger partial charge is 0.481 e. The average molecular weight is 222 g/mol. The molecule has 4 rings (SSSR count). The zero-order valence-corrected chi connectivity index (χ0v) is 10.5. The molecule has 4 bridgehead atoms. The molecular formula is C14H22O2. The molecule has 0 saturated heterocycles. The van der Waals surface area contributed by atoms with Crippen molar-refractivity contribution in [3.8, 4) is 0 Å². The van der Waals surface area contributed by atoms with Gasteiger partial charge >= 0.3 is 5.97 Å². The van der Waals surface area contributed by atoms with Crippen LogP contribution in [0.1, 0.15) is 52.9 Å². The maximum absolute atomic E-state index is 11.6. The number of carboxylic acids is 1. The van der Waals surface area contributed by atoms with Gasteiger partial charge in [0.1, 0.15) is 0 Å². The highest BCUT2D eigenvalue weighted by atomic mass is 16.4. The molecule has 4 saturated carbocycles. The molecule has 0 aliphatic heterocycles. The Morgan fingerprint density at radius 1 is 1.19 bits per heavy atom. The van der Waals surface area contributed by atoms with E-state index in [0.717, 1.165) is 19.3 Å². The lowest BCUT2D eigenvalue weighted by Crippen LogP contribution is -2.61. The summed E-state index contributed by atoms with van der Waals surface area (Å²) >= 11 is 0. The van der Waals surface area contributed by atoms with Gasteiger partial charge in [0.25, 0.3) is 0 Å². The van der Waals surface area contributed by atoms with E-state index in [1.807, 2.05) is 0 Å². The van der Waals surface area contributed by atoms with Gasteiger partial charge in [-0.25, -0.2) is 0 Å². The summed E-state index contributed by atoms with van der Waals surface area (Å²) in [5.41, 5.74) is 0.213. The summed E-state index contributed by atoms with van der Waals surface area (Å²) in [5, 5.41) is 9.59. The Morgan fingerprint density at radius 3 is 2.44 bits per heavy atom. The van der Waals surface area contributed by atoms with Crippen LogP contribution in [0.4, 0.5) is 0 Å². The van der Waals surface area contributed by atoms with Crippen molar-refractivity contribution >= 4 is 5.97 Å². The first kappa shape index (κ1) is 10.6. The lowest BCUT2D eigenvalue weighted by Gasteiger charge is -2.66. The second kappa shape index (κ2) is 2.65. The van der Waals surface area contributed by atoms with E-state index < -0.39 is 5.97 Å². The van der Waals surface area contributed by atoms with Gasteiger partial charge in [-0.05, 0) is 54.8 Å². The first-order valence-corrected chi connectivity index (χ1v) is 6.52. The third kappa shape index (κ3) is 1.11. The van der Waals surface area contributed by atoms with Crippen LogP contribution in [0.25, 0.3) is 0 Å². The van der Waals surface area contributed by atoms with Crippen molar-refractivity contribution in [1.82, 2.24) is 0 Å². The molecule has 0 aromatic heterocycles.